The van der Waals surface area contributed by atoms with Gasteiger partial charge < -0.3 is 10.5 Å². The summed E-state index contributed by atoms with van der Waals surface area (Å²) in [5.74, 6) is 0.649. The number of benzene rings is 2. The van der Waals surface area contributed by atoms with Crippen LogP contribution in [-0.2, 0) is 16.1 Å². The average molecular weight is 424 g/mol. The second kappa shape index (κ2) is 11.8. The predicted octanol–water partition coefficient (Wildman–Crippen LogP) is 6.04. The smallest absolute Gasteiger partial charge is 0.309 e. The van der Waals surface area contributed by atoms with Crippen molar-refractivity contribution in [2.24, 2.45) is 11.7 Å². The van der Waals surface area contributed by atoms with E-state index in [1.807, 2.05) is 70.2 Å². The second-order valence-corrected chi connectivity index (χ2v) is 9.17. The lowest BCUT2D eigenvalue weighted by Gasteiger charge is -2.30. The lowest BCUT2D eigenvalue weighted by molar-refractivity contribution is -0.161. The van der Waals surface area contributed by atoms with Crippen LogP contribution in [0.15, 0.2) is 54.6 Å². The third-order valence-corrected chi connectivity index (χ3v) is 5.57. The van der Waals surface area contributed by atoms with Gasteiger partial charge in [0.2, 0.25) is 0 Å². The molecule has 2 aromatic rings. The van der Waals surface area contributed by atoms with Gasteiger partial charge in [0.05, 0.1) is 5.92 Å². The number of Topliss-reactive ketones (excluding diaryl/α,β-unsaturated/α-hetero) is 1. The maximum absolute atomic E-state index is 12.1. The van der Waals surface area contributed by atoms with Crippen LogP contribution in [0, 0.1) is 5.92 Å². The van der Waals surface area contributed by atoms with E-state index in [-0.39, 0.29) is 17.7 Å². The summed E-state index contributed by atoms with van der Waals surface area (Å²) in [6.07, 6.45) is 4.32. The molecule has 0 aromatic heterocycles. The van der Waals surface area contributed by atoms with Crippen molar-refractivity contribution < 1.29 is 14.3 Å². The molecule has 0 atom stereocenters. The third kappa shape index (κ3) is 8.29. The molecule has 168 valence electrons. The number of rotatable bonds is 5. The van der Waals surface area contributed by atoms with Crippen molar-refractivity contribution in [2.75, 3.05) is 0 Å². The highest BCUT2D eigenvalue weighted by Crippen LogP contribution is 2.36. The first-order chi connectivity index (χ1) is 14.7. The normalized spacial score (nSPS) is 18.5. The number of hydrogen-bond donors (Lipinski definition) is 1. The molecule has 1 aliphatic carbocycles. The van der Waals surface area contributed by atoms with Gasteiger partial charge in [0, 0.05) is 18.5 Å². The third-order valence-electron chi connectivity index (χ3n) is 5.57. The molecule has 2 N–H and O–H groups in total. The molecule has 0 amide bonds. The van der Waals surface area contributed by atoms with Crippen LogP contribution in [0.4, 0.5) is 0 Å². The summed E-state index contributed by atoms with van der Waals surface area (Å²) >= 11 is 0. The first-order valence-corrected chi connectivity index (χ1v) is 11.3. The summed E-state index contributed by atoms with van der Waals surface area (Å²) in [5.41, 5.74) is 8.20. The van der Waals surface area contributed by atoms with Gasteiger partial charge in [0.15, 0.2) is 5.78 Å². The van der Waals surface area contributed by atoms with E-state index in [1.165, 1.54) is 11.1 Å². The summed E-state index contributed by atoms with van der Waals surface area (Å²) < 4.78 is 5.50. The minimum Gasteiger partial charge on any atom is -0.460 e. The maximum Gasteiger partial charge on any atom is 0.309 e. The molecule has 4 heteroatoms. The van der Waals surface area contributed by atoms with Crippen LogP contribution >= 0.6 is 0 Å². The summed E-state index contributed by atoms with van der Waals surface area (Å²) in [6.45, 7) is 8.26. The lowest BCUT2D eigenvalue weighted by Crippen LogP contribution is -2.30. The lowest BCUT2D eigenvalue weighted by atomic mass is 9.78. The van der Waals surface area contributed by atoms with E-state index in [0.29, 0.717) is 18.9 Å². The molecular formula is C27H37NO3. The highest BCUT2D eigenvalue weighted by molar-refractivity contribution is 5.95. The van der Waals surface area contributed by atoms with Crippen molar-refractivity contribution in [2.45, 2.75) is 77.9 Å². The van der Waals surface area contributed by atoms with Gasteiger partial charge in [0.25, 0.3) is 0 Å². The minimum atomic E-state index is -0.407. The fourth-order valence-corrected chi connectivity index (χ4v) is 3.81. The fraction of sp³-hybridized carbons (Fsp3) is 0.481. The van der Waals surface area contributed by atoms with Crippen LogP contribution in [0.5, 0.6) is 0 Å². The van der Waals surface area contributed by atoms with Crippen molar-refractivity contribution >= 4 is 11.8 Å². The van der Waals surface area contributed by atoms with Crippen LogP contribution in [0.2, 0.25) is 0 Å². The molecule has 0 radical (unpaired) electrons. The SMILES string of the molecule is CCC(=O)c1ccc(C2CCC(C(=O)OC(C)(C)C)CC2)cc1.NCc1ccccc1. The Morgan fingerprint density at radius 3 is 1.97 bits per heavy atom. The van der Waals surface area contributed by atoms with Crippen LogP contribution in [0.1, 0.15) is 87.2 Å². The Bertz CT molecular complexity index is 814. The van der Waals surface area contributed by atoms with Crippen molar-refractivity contribution in [1.82, 2.24) is 0 Å². The Morgan fingerprint density at radius 2 is 1.52 bits per heavy atom. The molecule has 0 saturated heterocycles. The van der Waals surface area contributed by atoms with Gasteiger partial charge in [-0.2, -0.15) is 0 Å². The molecule has 2 aromatic carbocycles. The number of hydrogen-bond acceptors (Lipinski definition) is 4. The topological polar surface area (TPSA) is 69.4 Å². The molecule has 1 saturated carbocycles. The largest absolute Gasteiger partial charge is 0.460 e. The standard InChI is InChI=1S/C20H28O3.C7H9N/c1-5-18(21)16-10-6-14(7-11-16)15-8-12-17(13-9-15)19(22)23-20(2,3)4;8-6-7-4-2-1-3-5-7/h6-7,10-11,15,17H,5,8-9,12-13H2,1-4H3;1-5H,6,8H2. The van der Waals surface area contributed by atoms with E-state index in [4.69, 9.17) is 10.5 Å². The maximum atomic E-state index is 12.1. The zero-order valence-electron chi connectivity index (χ0n) is 19.4. The molecule has 1 fully saturated rings. The van der Waals surface area contributed by atoms with Crippen molar-refractivity contribution in [3.63, 3.8) is 0 Å². The number of carbonyl (C=O) groups is 2. The molecule has 0 aliphatic heterocycles. The summed E-state index contributed by atoms with van der Waals surface area (Å²) in [7, 11) is 0. The Labute approximate surface area is 187 Å². The van der Waals surface area contributed by atoms with E-state index in [0.717, 1.165) is 31.2 Å². The Morgan fingerprint density at radius 1 is 0.935 bits per heavy atom. The van der Waals surface area contributed by atoms with Crippen LogP contribution in [0.3, 0.4) is 0 Å². The van der Waals surface area contributed by atoms with Gasteiger partial charge in [-0.05, 0) is 63.5 Å². The quantitative estimate of drug-likeness (QED) is 0.470. The molecule has 0 heterocycles. The van der Waals surface area contributed by atoms with Gasteiger partial charge in [0.1, 0.15) is 5.60 Å². The van der Waals surface area contributed by atoms with Gasteiger partial charge in [-0.25, -0.2) is 0 Å². The molecule has 0 spiro atoms. The molecule has 3 rings (SSSR count). The van der Waals surface area contributed by atoms with Crippen LogP contribution in [-0.4, -0.2) is 17.4 Å². The molecule has 0 unspecified atom stereocenters. The molecular weight excluding hydrogens is 386 g/mol. The molecule has 0 bridgehead atoms. The average Bonchev–Trinajstić information content (AvgIpc) is 2.78. The second-order valence-electron chi connectivity index (χ2n) is 9.17. The van der Waals surface area contributed by atoms with E-state index in [1.54, 1.807) is 0 Å². The Kier molecular flexibility index (Phi) is 9.44. The highest BCUT2D eigenvalue weighted by atomic mass is 16.6. The van der Waals surface area contributed by atoms with Gasteiger partial charge in [-0.3, -0.25) is 9.59 Å². The van der Waals surface area contributed by atoms with Gasteiger partial charge in [-0.15, -0.1) is 0 Å². The van der Waals surface area contributed by atoms with Crippen molar-refractivity contribution in [3.8, 4) is 0 Å². The Balaban J connectivity index is 0.000000357. The minimum absolute atomic E-state index is 0.0337. The van der Waals surface area contributed by atoms with Gasteiger partial charge in [-0.1, -0.05) is 61.5 Å². The Hall–Kier alpha value is -2.46. The number of esters is 1. The summed E-state index contributed by atoms with van der Waals surface area (Å²) in [5, 5.41) is 0. The first kappa shape index (κ1) is 24.8. The zero-order valence-corrected chi connectivity index (χ0v) is 19.4. The van der Waals surface area contributed by atoms with Crippen LogP contribution in [0.25, 0.3) is 0 Å². The monoisotopic (exact) mass is 423 g/mol. The number of ether oxygens (including phenoxy) is 1. The summed E-state index contributed by atoms with van der Waals surface area (Å²) in [4.78, 5) is 23.8. The molecule has 1 aliphatic rings. The van der Waals surface area contributed by atoms with Crippen molar-refractivity contribution in [1.29, 1.82) is 0 Å². The summed E-state index contributed by atoms with van der Waals surface area (Å²) in [6, 6.07) is 18.0. The van der Waals surface area contributed by atoms with E-state index >= 15 is 0 Å². The number of carbonyl (C=O) groups excluding carboxylic acids is 2. The number of nitrogens with two attached hydrogens (primary N) is 1. The first-order valence-electron chi connectivity index (χ1n) is 11.3. The van der Waals surface area contributed by atoms with E-state index in [2.05, 4.69) is 12.1 Å². The van der Waals surface area contributed by atoms with Crippen LogP contribution < -0.4 is 5.73 Å². The predicted molar refractivity (Wildman–Crippen MR) is 126 cm³/mol. The highest BCUT2D eigenvalue weighted by Gasteiger charge is 2.30. The fourth-order valence-electron chi connectivity index (χ4n) is 3.81. The van der Waals surface area contributed by atoms with E-state index < -0.39 is 5.60 Å². The van der Waals surface area contributed by atoms with E-state index in [9.17, 15) is 9.59 Å². The van der Waals surface area contributed by atoms with Gasteiger partial charge >= 0.3 is 5.97 Å². The molecule has 31 heavy (non-hydrogen) atoms. The zero-order chi connectivity index (χ0) is 22.9. The van der Waals surface area contributed by atoms with Crippen molar-refractivity contribution in [3.05, 3.63) is 71.3 Å². The number of ketones is 1. The molecule has 4 nitrogen and oxygen atoms in total.